The van der Waals surface area contributed by atoms with Crippen LogP contribution in [0.25, 0.3) is 0 Å². The van der Waals surface area contributed by atoms with Gasteiger partial charge in [0.2, 0.25) is 11.8 Å². The molecule has 0 unspecified atom stereocenters. The Kier molecular flexibility index (Phi) is 4.23. The number of carbonyl (C=O) groups excluding carboxylic acids is 2. The Hall–Kier alpha value is -1.95. The Labute approximate surface area is 147 Å². The molecule has 2 aliphatic heterocycles. The molecule has 1 aromatic heterocycles. The van der Waals surface area contributed by atoms with E-state index in [0.717, 1.165) is 37.9 Å². The first-order valence-corrected chi connectivity index (χ1v) is 9.22. The van der Waals surface area contributed by atoms with E-state index >= 15 is 0 Å². The van der Waals surface area contributed by atoms with E-state index in [4.69, 9.17) is 0 Å². The van der Waals surface area contributed by atoms with Crippen LogP contribution in [-0.4, -0.2) is 57.4 Å². The minimum atomic E-state index is -0.404. The molecule has 1 aromatic rings. The fraction of sp³-hybridized carbons (Fsp3) is 0.632. The SMILES string of the molecule is O=C(C1CC(O)C1)N1CCC[C@@]2(CCN(Cc3cccnc3)C2=O)C1. The quantitative estimate of drug-likeness (QED) is 0.895. The lowest BCUT2D eigenvalue weighted by atomic mass is 9.76. The molecule has 2 amide bonds. The Bertz CT molecular complexity index is 659. The van der Waals surface area contributed by atoms with Crippen LogP contribution in [0, 0.1) is 11.3 Å². The summed E-state index contributed by atoms with van der Waals surface area (Å²) in [6.45, 7) is 2.62. The standard InChI is InChI=1S/C19H25N3O3/c23-16-9-15(10-16)17(24)22-7-2-4-19(13-22)5-8-21(18(19)25)12-14-3-1-6-20-11-14/h1,3,6,11,15-16,23H,2,4-5,7-10,12-13H2/t15?,16?,19-/m1/s1. The molecule has 134 valence electrons. The highest BCUT2D eigenvalue weighted by atomic mass is 16.3. The zero-order valence-corrected chi connectivity index (χ0v) is 14.4. The Balaban J connectivity index is 1.43. The van der Waals surface area contributed by atoms with Crippen LogP contribution in [0.1, 0.15) is 37.7 Å². The predicted octanol–water partition coefficient (Wildman–Crippen LogP) is 1.19. The topological polar surface area (TPSA) is 73.7 Å². The Morgan fingerprint density at radius 2 is 2.16 bits per heavy atom. The van der Waals surface area contributed by atoms with E-state index in [-0.39, 0.29) is 23.8 Å². The summed E-state index contributed by atoms with van der Waals surface area (Å²) in [5.74, 6) is 0.263. The summed E-state index contributed by atoms with van der Waals surface area (Å²) >= 11 is 0. The highest BCUT2D eigenvalue weighted by Gasteiger charge is 2.50. The number of nitrogens with zero attached hydrogens (tertiary/aromatic N) is 3. The van der Waals surface area contributed by atoms with Crippen LogP contribution in [0.2, 0.25) is 0 Å². The monoisotopic (exact) mass is 343 g/mol. The molecule has 3 heterocycles. The minimum Gasteiger partial charge on any atom is -0.393 e. The molecule has 0 bridgehead atoms. The molecule has 1 aliphatic carbocycles. The third kappa shape index (κ3) is 3.03. The van der Waals surface area contributed by atoms with Gasteiger partial charge in [0, 0.05) is 44.5 Å². The summed E-state index contributed by atoms with van der Waals surface area (Å²) < 4.78 is 0. The normalized spacial score (nSPS) is 32.1. The van der Waals surface area contributed by atoms with Crippen molar-refractivity contribution in [2.75, 3.05) is 19.6 Å². The van der Waals surface area contributed by atoms with Crippen molar-refractivity contribution < 1.29 is 14.7 Å². The summed E-state index contributed by atoms with van der Waals surface area (Å²) in [5.41, 5.74) is 0.637. The molecule has 3 aliphatic rings. The summed E-state index contributed by atoms with van der Waals surface area (Å²) in [5, 5.41) is 9.45. The first kappa shape index (κ1) is 16.5. The number of hydrogen-bond donors (Lipinski definition) is 1. The second kappa shape index (κ2) is 6.41. The average molecular weight is 343 g/mol. The van der Waals surface area contributed by atoms with E-state index in [0.29, 0.717) is 25.9 Å². The van der Waals surface area contributed by atoms with E-state index in [1.165, 1.54) is 0 Å². The maximum absolute atomic E-state index is 13.1. The van der Waals surface area contributed by atoms with Crippen molar-refractivity contribution in [3.05, 3.63) is 30.1 Å². The van der Waals surface area contributed by atoms with Crippen molar-refractivity contribution >= 4 is 11.8 Å². The zero-order valence-electron chi connectivity index (χ0n) is 14.4. The fourth-order valence-corrected chi connectivity index (χ4v) is 4.50. The number of likely N-dealkylation sites (tertiary alicyclic amines) is 2. The van der Waals surface area contributed by atoms with E-state index < -0.39 is 5.41 Å². The first-order valence-electron chi connectivity index (χ1n) is 9.22. The van der Waals surface area contributed by atoms with Crippen molar-refractivity contribution in [3.8, 4) is 0 Å². The second-order valence-electron chi connectivity index (χ2n) is 7.80. The molecule has 1 N–H and O–H groups in total. The highest BCUT2D eigenvalue weighted by molar-refractivity contribution is 5.87. The van der Waals surface area contributed by atoms with Crippen LogP contribution < -0.4 is 0 Å². The van der Waals surface area contributed by atoms with Crippen molar-refractivity contribution in [2.24, 2.45) is 11.3 Å². The lowest BCUT2D eigenvalue weighted by Crippen LogP contribution is -2.53. The van der Waals surface area contributed by atoms with Gasteiger partial charge in [0.1, 0.15) is 0 Å². The summed E-state index contributed by atoms with van der Waals surface area (Å²) in [6.07, 6.45) is 6.93. The molecule has 3 fully saturated rings. The van der Waals surface area contributed by atoms with E-state index in [1.54, 1.807) is 12.4 Å². The molecule has 0 aromatic carbocycles. The third-order valence-corrected chi connectivity index (χ3v) is 6.05. The molecular weight excluding hydrogens is 318 g/mol. The zero-order chi connectivity index (χ0) is 17.4. The van der Waals surface area contributed by atoms with E-state index in [1.807, 2.05) is 21.9 Å². The number of rotatable bonds is 3. The van der Waals surface area contributed by atoms with Crippen LogP contribution in [-0.2, 0) is 16.1 Å². The van der Waals surface area contributed by atoms with Gasteiger partial charge in [-0.05, 0) is 43.7 Å². The number of aliphatic hydroxyl groups is 1. The lowest BCUT2D eigenvalue weighted by Gasteiger charge is -2.42. The Morgan fingerprint density at radius 1 is 1.32 bits per heavy atom. The molecule has 0 radical (unpaired) electrons. The number of carbonyl (C=O) groups is 2. The maximum Gasteiger partial charge on any atom is 0.230 e. The van der Waals surface area contributed by atoms with Gasteiger partial charge < -0.3 is 14.9 Å². The Morgan fingerprint density at radius 3 is 2.88 bits per heavy atom. The molecule has 1 atom stereocenters. The first-order chi connectivity index (χ1) is 12.1. The third-order valence-electron chi connectivity index (χ3n) is 6.05. The van der Waals surface area contributed by atoms with Gasteiger partial charge in [-0.2, -0.15) is 0 Å². The van der Waals surface area contributed by atoms with Crippen LogP contribution in [0.4, 0.5) is 0 Å². The van der Waals surface area contributed by atoms with Gasteiger partial charge in [-0.1, -0.05) is 6.07 Å². The number of piperidine rings is 1. The van der Waals surface area contributed by atoms with Gasteiger partial charge in [-0.25, -0.2) is 0 Å². The summed E-state index contributed by atoms with van der Waals surface area (Å²) in [7, 11) is 0. The van der Waals surface area contributed by atoms with Crippen molar-refractivity contribution in [2.45, 2.75) is 44.8 Å². The molecular formula is C19H25N3O3. The number of pyridine rings is 1. The van der Waals surface area contributed by atoms with Gasteiger partial charge in [-0.3, -0.25) is 14.6 Å². The van der Waals surface area contributed by atoms with Crippen LogP contribution in [0.5, 0.6) is 0 Å². The molecule has 4 rings (SSSR count). The fourth-order valence-electron chi connectivity index (χ4n) is 4.50. The van der Waals surface area contributed by atoms with Crippen LogP contribution in [0.3, 0.4) is 0 Å². The minimum absolute atomic E-state index is 0.0480. The molecule has 2 saturated heterocycles. The van der Waals surface area contributed by atoms with Crippen LogP contribution in [0.15, 0.2) is 24.5 Å². The second-order valence-corrected chi connectivity index (χ2v) is 7.80. The van der Waals surface area contributed by atoms with E-state index in [9.17, 15) is 14.7 Å². The molecule has 1 spiro atoms. The smallest absolute Gasteiger partial charge is 0.230 e. The van der Waals surface area contributed by atoms with Gasteiger partial charge in [0.25, 0.3) is 0 Å². The number of hydrogen-bond acceptors (Lipinski definition) is 4. The number of amides is 2. The lowest BCUT2D eigenvalue weighted by molar-refractivity contribution is -0.150. The molecule has 1 saturated carbocycles. The van der Waals surface area contributed by atoms with Crippen molar-refractivity contribution in [1.29, 1.82) is 0 Å². The number of aliphatic hydroxyl groups excluding tert-OH is 1. The van der Waals surface area contributed by atoms with Crippen LogP contribution >= 0.6 is 0 Å². The summed E-state index contributed by atoms with van der Waals surface area (Å²) in [4.78, 5) is 33.6. The van der Waals surface area contributed by atoms with Gasteiger partial charge >= 0.3 is 0 Å². The number of aromatic nitrogens is 1. The van der Waals surface area contributed by atoms with Crippen molar-refractivity contribution in [1.82, 2.24) is 14.8 Å². The van der Waals surface area contributed by atoms with Crippen molar-refractivity contribution in [3.63, 3.8) is 0 Å². The predicted molar refractivity (Wildman–Crippen MR) is 91.2 cm³/mol. The molecule has 25 heavy (non-hydrogen) atoms. The maximum atomic E-state index is 13.1. The van der Waals surface area contributed by atoms with E-state index in [2.05, 4.69) is 4.98 Å². The van der Waals surface area contributed by atoms with Gasteiger partial charge in [-0.15, -0.1) is 0 Å². The summed E-state index contributed by atoms with van der Waals surface area (Å²) in [6, 6.07) is 3.88. The molecule has 6 heteroatoms. The van der Waals surface area contributed by atoms with Gasteiger partial charge in [0.05, 0.1) is 11.5 Å². The average Bonchev–Trinajstić information content (AvgIpc) is 2.89. The molecule has 6 nitrogen and oxygen atoms in total. The highest BCUT2D eigenvalue weighted by Crippen LogP contribution is 2.42. The largest absolute Gasteiger partial charge is 0.393 e. The van der Waals surface area contributed by atoms with Gasteiger partial charge in [0.15, 0.2) is 0 Å².